The number of anilines is 1. The minimum Gasteiger partial charge on any atom is -0.480 e. The lowest BCUT2D eigenvalue weighted by atomic mass is 10.1. The lowest BCUT2D eigenvalue weighted by molar-refractivity contribution is -0.143. The maximum Gasteiger partial charge on any atom is 0.320 e. The first-order valence-electron chi connectivity index (χ1n) is 8.16. The van der Waals surface area contributed by atoms with Gasteiger partial charge in [0.05, 0.1) is 6.04 Å². The zero-order chi connectivity index (χ0) is 16.1. The molecule has 1 aromatic carbocycles. The van der Waals surface area contributed by atoms with E-state index in [4.69, 9.17) is 0 Å². The van der Waals surface area contributed by atoms with E-state index in [0.717, 1.165) is 29.4 Å². The maximum absolute atomic E-state index is 13.1. The van der Waals surface area contributed by atoms with Crippen molar-refractivity contribution < 1.29 is 14.7 Å². The predicted molar refractivity (Wildman–Crippen MR) is 89.5 cm³/mol. The minimum atomic E-state index is -0.795. The van der Waals surface area contributed by atoms with Crippen LogP contribution in [-0.4, -0.2) is 46.6 Å². The highest BCUT2D eigenvalue weighted by atomic mass is 79.9. The van der Waals surface area contributed by atoms with Crippen LogP contribution in [0.4, 0.5) is 5.69 Å². The van der Waals surface area contributed by atoms with Gasteiger partial charge in [-0.15, -0.1) is 0 Å². The van der Waals surface area contributed by atoms with Crippen LogP contribution in [0.3, 0.4) is 0 Å². The number of carboxylic acids is 1. The van der Waals surface area contributed by atoms with Gasteiger partial charge in [-0.05, 0) is 49.8 Å². The Morgan fingerprint density at radius 3 is 2.57 bits per heavy atom. The number of halogens is 1. The first kappa shape index (κ1) is 15.1. The van der Waals surface area contributed by atoms with Gasteiger partial charge in [-0.1, -0.05) is 22.0 Å². The van der Waals surface area contributed by atoms with Gasteiger partial charge >= 0.3 is 5.97 Å². The van der Waals surface area contributed by atoms with E-state index in [2.05, 4.69) is 22.0 Å². The van der Waals surface area contributed by atoms with Crippen molar-refractivity contribution in [3.8, 4) is 0 Å². The number of hydrogen-bond donors (Lipinski definition) is 1. The molecule has 0 spiro atoms. The zero-order valence-electron chi connectivity index (χ0n) is 12.7. The second-order valence-corrected chi connectivity index (χ2v) is 7.55. The van der Waals surface area contributed by atoms with Crippen LogP contribution in [0.1, 0.15) is 31.2 Å². The van der Waals surface area contributed by atoms with Crippen LogP contribution in [0.2, 0.25) is 0 Å². The van der Waals surface area contributed by atoms with Crippen LogP contribution in [-0.2, 0) is 16.0 Å². The van der Waals surface area contributed by atoms with Crippen LogP contribution in [0.15, 0.2) is 22.7 Å². The molecule has 4 rings (SSSR count). The van der Waals surface area contributed by atoms with E-state index in [1.165, 1.54) is 5.56 Å². The molecule has 0 aromatic heterocycles. The van der Waals surface area contributed by atoms with Crippen LogP contribution < -0.4 is 4.90 Å². The number of amides is 1. The Labute approximate surface area is 143 Å². The molecule has 1 saturated carbocycles. The molecule has 6 heteroatoms. The number of carbonyl (C=O) groups is 2. The molecule has 2 atom stereocenters. The fourth-order valence-electron chi connectivity index (χ4n) is 3.98. The molecule has 1 N–H and O–H groups in total. The summed E-state index contributed by atoms with van der Waals surface area (Å²) < 4.78 is 0.963. The summed E-state index contributed by atoms with van der Waals surface area (Å²) in [5.74, 6) is -0.728. The summed E-state index contributed by atoms with van der Waals surface area (Å²) in [4.78, 5) is 28.4. The summed E-state index contributed by atoms with van der Waals surface area (Å²) in [5, 5.41) is 9.45. The smallest absolute Gasteiger partial charge is 0.320 e. The van der Waals surface area contributed by atoms with Gasteiger partial charge in [0, 0.05) is 22.7 Å². The molecule has 23 heavy (non-hydrogen) atoms. The van der Waals surface area contributed by atoms with Crippen molar-refractivity contribution >= 4 is 33.5 Å². The van der Waals surface area contributed by atoms with E-state index in [-0.39, 0.29) is 18.0 Å². The number of fused-ring (bicyclic) bond motifs is 1. The number of likely N-dealkylation sites (tertiary alicyclic amines) is 1. The van der Waals surface area contributed by atoms with Gasteiger partial charge in [0.15, 0.2) is 0 Å². The lowest BCUT2D eigenvalue weighted by Crippen LogP contribution is -2.50. The summed E-state index contributed by atoms with van der Waals surface area (Å²) in [6.45, 7) is 0.692. The van der Waals surface area contributed by atoms with E-state index < -0.39 is 12.0 Å². The lowest BCUT2D eigenvalue weighted by Gasteiger charge is -2.30. The summed E-state index contributed by atoms with van der Waals surface area (Å²) in [6, 6.07) is 5.54. The van der Waals surface area contributed by atoms with Gasteiger partial charge in [0.25, 0.3) is 0 Å². The van der Waals surface area contributed by atoms with Crippen molar-refractivity contribution in [1.82, 2.24) is 4.90 Å². The van der Waals surface area contributed by atoms with Gasteiger partial charge < -0.3 is 10.0 Å². The van der Waals surface area contributed by atoms with Crippen LogP contribution >= 0.6 is 15.9 Å². The molecule has 2 unspecified atom stereocenters. The van der Waals surface area contributed by atoms with Crippen molar-refractivity contribution in [2.24, 2.45) is 0 Å². The van der Waals surface area contributed by atoms with E-state index in [1.807, 2.05) is 21.9 Å². The maximum atomic E-state index is 13.1. The first-order valence-corrected chi connectivity index (χ1v) is 8.95. The molecule has 2 fully saturated rings. The Morgan fingerprint density at radius 1 is 1.13 bits per heavy atom. The highest BCUT2D eigenvalue weighted by Crippen LogP contribution is 2.39. The summed E-state index contributed by atoms with van der Waals surface area (Å²) >= 11 is 3.47. The van der Waals surface area contributed by atoms with E-state index in [0.29, 0.717) is 19.4 Å². The van der Waals surface area contributed by atoms with Gasteiger partial charge in [-0.2, -0.15) is 0 Å². The van der Waals surface area contributed by atoms with E-state index in [1.54, 1.807) is 0 Å². The molecule has 2 aliphatic heterocycles. The summed E-state index contributed by atoms with van der Waals surface area (Å²) in [5.41, 5.74) is 2.16. The third-order valence-corrected chi connectivity index (χ3v) is 5.67. The second-order valence-electron chi connectivity index (χ2n) is 6.64. The van der Waals surface area contributed by atoms with Crippen molar-refractivity contribution in [2.45, 2.75) is 50.2 Å². The largest absolute Gasteiger partial charge is 0.480 e. The quantitative estimate of drug-likeness (QED) is 0.877. The van der Waals surface area contributed by atoms with Crippen molar-refractivity contribution in [2.75, 3.05) is 11.4 Å². The van der Waals surface area contributed by atoms with Crippen molar-refractivity contribution in [1.29, 1.82) is 0 Å². The minimum absolute atomic E-state index is 0.0671. The fraction of sp³-hybridized carbons (Fsp3) is 0.529. The Balaban J connectivity index is 1.60. The van der Waals surface area contributed by atoms with Gasteiger partial charge in [0.1, 0.15) is 6.04 Å². The van der Waals surface area contributed by atoms with Crippen LogP contribution in [0, 0.1) is 0 Å². The highest BCUT2D eigenvalue weighted by Gasteiger charge is 2.49. The molecular formula is C17H19BrN2O3. The van der Waals surface area contributed by atoms with Crippen LogP contribution in [0.5, 0.6) is 0 Å². The standard InChI is InChI=1S/C17H19BrN2O3/c18-11-2-1-10-7-8-19(15(10)9-11)16(21)13-5-6-14(17(22)23)20(13)12-3-4-12/h1-2,9,12-14H,3-8H2,(H,22,23). The van der Waals surface area contributed by atoms with Crippen molar-refractivity contribution in [3.05, 3.63) is 28.2 Å². The van der Waals surface area contributed by atoms with Gasteiger partial charge in [-0.3, -0.25) is 14.5 Å². The van der Waals surface area contributed by atoms with Crippen LogP contribution in [0.25, 0.3) is 0 Å². The molecule has 2 heterocycles. The molecule has 1 aromatic rings. The molecule has 1 aliphatic carbocycles. The molecule has 0 radical (unpaired) electrons. The molecule has 1 saturated heterocycles. The third kappa shape index (κ3) is 2.58. The number of carbonyl (C=O) groups excluding carboxylic acids is 1. The Kier molecular flexibility index (Phi) is 3.69. The second kappa shape index (κ2) is 5.60. The molecular weight excluding hydrogens is 360 g/mol. The molecule has 122 valence electrons. The van der Waals surface area contributed by atoms with Gasteiger partial charge in [0.2, 0.25) is 5.91 Å². The Hall–Kier alpha value is -1.40. The number of aliphatic carboxylic acids is 1. The molecule has 3 aliphatic rings. The normalized spacial score (nSPS) is 27.3. The van der Waals surface area contributed by atoms with Crippen molar-refractivity contribution in [3.63, 3.8) is 0 Å². The van der Waals surface area contributed by atoms with E-state index in [9.17, 15) is 14.7 Å². The molecule has 1 amide bonds. The average molecular weight is 379 g/mol. The first-order chi connectivity index (χ1) is 11.1. The number of rotatable bonds is 3. The summed E-state index contributed by atoms with van der Waals surface area (Å²) in [7, 11) is 0. The Bertz CT molecular complexity index is 674. The Morgan fingerprint density at radius 2 is 1.87 bits per heavy atom. The predicted octanol–water partition coefficient (Wildman–Crippen LogP) is 2.42. The highest BCUT2D eigenvalue weighted by molar-refractivity contribution is 9.10. The number of benzene rings is 1. The van der Waals surface area contributed by atoms with Gasteiger partial charge in [-0.25, -0.2) is 0 Å². The number of hydrogen-bond acceptors (Lipinski definition) is 3. The molecule has 5 nitrogen and oxygen atoms in total. The number of carboxylic acid groups (broad SMARTS) is 1. The SMILES string of the molecule is O=C(O)C1CCC(C(=O)N2CCc3ccc(Br)cc32)N1C1CC1. The topological polar surface area (TPSA) is 60.9 Å². The monoisotopic (exact) mass is 378 g/mol. The average Bonchev–Trinajstić information content (AvgIpc) is 3.12. The summed E-state index contributed by atoms with van der Waals surface area (Å²) in [6.07, 6.45) is 4.10. The van der Waals surface area contributed by atoms with E-state index >= 15 is 0 Å². The third-order valence-electron chi connectivity index (χ3n) is 5.18. The fourth-order valence-corrected chi connectivity index (χ4v) is 4.32. The number of nitrogens with zero attached hydrogens (tertiary/aromatic N) is 2. The molecule has 0 bridgehead atoms. The zero-order valence-corrected chi connectivity index (χ0v) is 14.3.